The van der Waals surface area contributed by atoms with Gasteiger partial charge < -0.3 is 10.1 Å². The summed E-state index contributed by atoms with van der Waals surface area (Å²) in [6.07, 6.45) is 2.02. The lowest BCUT2D eigenvalue weighted by Crippen LogP contribution is -2.30. The predicted molar refractivity (Wildman–Crippen MR) is 99.4 cm³/mol. The summed E-state index contributed by atoms with van der Waals surface area (Å²) >= 11 is 3.24. The highest BCUT2D eigenvalue weighted by atomic mass is 79.9. The predicted octanol–water partition coefficient (Wildman–Crippen LogP) is 4.18. The van der Waals surface area contributed by atoms with Crippen LogP contribution in [0.15, 0.2) is 65.4 Å². The van der Waals surface area contributed by atoms with Crippen LogP contribution in [0.5, 0.6) is 0 Å². The summed E-state index contributed by atoms with van der Waals surface area (Å²) in [4.78, 5) is 28.3. The van der Waals surface area contributed by atoms with Crippen LogP contribution in [-0.2, 0) is 9.53 Å². The molecule has 0 saturated carbocycles. The van der Waals surface area contributed by atoms with Crippen LogP contribution in [0.25, 0.3) is 10.8 Å². The third-order valence-electron chi connectivity index (χ3n) is 3.61. The van der Waals surface area contributed by atoms with Gasteiger partial charge in [0.2, 0.25) is 0 Å². The first-order chi connectivity index (χ1) is 12.0. The summed E-state index contributed by atoms with van der Waals surface area (Å²) in [6.45, 7) is 1.53. The van der Waals surface area contributed by atoms with Crippen LogP contribution in [0.4, 0.5) is 5.69 Å². The summed E-state index contributed by atoms with van der Waals surface area (Å²) in [5.41, 5.74) is 0.926. The molecular weight excluding hydrogens is 384 g/mol. The highest BCUT2D eigenvalue weighted by Gasteiger charge is 2.19. The van der Waals surface area contributed by atoms with E-state index in [2.05, 4.69) is 26.2 Å². The number of benzene rings is 2. The van der Waals surface area contributed by atoms with Gasteiger partial charge in [0.1, 0.15) is 0 Å². The molecule has 1 amide bonds. The van der Waals surface area contributed by atoms with Crippen molar-refractivity contribution in [2.75, 3.05) is 5.32 Å². The van der Waals surface area contributed by atoms with Gasteiger partial charge in [0, 0.05) is 22.6 Å². The van der Waals surface area contributed by atoms with Crippen LogP contribution < -0.4 is 5.32 Å². The maximum atomic E-state index is 12.3. The Hall–Kier alpha value is -2.73. The molecule has 2 aromatic carbocycles. The van der Waals surface area contributed by atoms with E-state index in [9.17, 15) is 9.59 Å². The number of ether oxygens (including phenoxy) is 1. The lowest BCUT2D eigenvalue weighted by molar-refractivity contribution is -0.123. The van der Waals surface area contributed by atoms with Crippen molar-refractivity contribution in [3.05, 3.63) is 71.0 Å². The largest absolute Gasteiger partial charge is 0.449 e. The lowest BCUT2D eigenvalue weighted by atomic mass is 10.1. The van der Waals surface area contributed by atoms with E-state index in [-0.39, 0.29) is 5.56 Å². The first kappa shape index (κ1) is 17.1. The number of carbonyl (C=O) groups excluding carboxylic acids is 2. The Balaban J connectivity index is 1.66. The standard InChI is InChI=1S/C19H15BrN2O3/c1-12(25-19(24)15-8-16(20)11-21-10-15)18(23)22-17-7-6-13-4-2-3-5-14(13)9-17/h2-12H,1H3,(H,22,23)/t12-/m1/s1. The second-order valence-electron chi connectivity index (χ2n) is 5.49. The number of anilines is 1. The van der Waals surface area contributed by atoms with E-state index in [0.717, 1.165) is 10.8 Å². The number of fused-ring (bicyclic) bond motifs is 1. The number of halogens is 1. The van der Waals surface area contributed by atoms with Gasteiger partial charge in [-0.25, -0.2) is 4.79 Å². The molecule has 6 heteroatoms. The molecule has 0 bridgehead atoms. The van der Waals surface area contributed by atoms with E-state index >= 15 is 0 Å². The van der Waals surface area contributed by atoms with E-state index < -0.39 is 18.0 Å². The minimum atomic E-state index is -0.932. The fourth-order valence-electron chi connectivity index (χ4n) is 2.32. The fraction of sp³-hybridized carbons (Fsp3) is 0.105. The van der Waals surface area contributed by atoms with Crippen LogP contribution in [0.3, 0.4) is 0 Å². The normalized spacial score (nSPS) is 11.8. The number of hydrogen-bond acceptors (Lipinski definition) is 4. The molecule has 126 valence electrons. The molecule has 0 aliphatic heterocycles. The molecular formula is C19H15BrN2O3. The number of amides is 1. The Labute approximate surface area is 153 Å². The number of rotatable bonds is 4. The topological polar surface area (TPSA) is 68.3 Å². The Bertz CT molecular complexity index is 943. The third kappa shape index (κ3) is 4.22. The summed E-state index contributed by atoms with van der Waals surface area (Å²) in [7, 11) is 0. The van der Waals surface area contributed by atoms with Crippen LogP contribution in [0.1, 0.15) is 17.3 Å². The van der Waals surface area contributed by atoms with Crippen molar-refractivity contribution in [2.45, 2.75) is 13.0 Å². The van der Waals surface area contributed by atoms with E-state index in [1.807, 2.05) is 42.5 Å². The van der Waals surface area contributed by atoms with Crippen molar-refractivity contribution in [3.8, 4) is 0 Å². The Morgan fingerprint density at radius 2 is 1.84 bits per heavy atom. The van der Waals surface area contributed by atoms with Gasteiger partial charge in [0.15, 0.2) is 6.10 Å². The zero-order valence-corrected chi connectivity index (χ0v) is 15.0. The summed E-state index contributed by atoms with van der Waals surface area (Å²) in [6, 6.07) is 15.1. The third-order valence-corrected chi connectivity index (χ3v) is 4.04. The van der Waals surface area contributed by atoms with Gasteiger partial charge in [0.25, 0.3) is 5.91 Å². The van der Waals surface area contributed by atoms with Gasteiger partial charge in [-0.1, -0.05) is 30.3 Å². The van der Waals surface area contributed by atoms with Crippen molar-refractivity contribution in [1.82, 2.24) is 4.98 Å². The molecule has 1 heterocycles. The van der Waals surface area contributed by atoms with Crippen molar-refractivity contribution >= 4 is 44.3 Å². The molecule has 0 aliphatic rings. The quantitative estimate of drug-likeness (QED) is 0.669. The summed E-state index contributed by atoms with van der Waals surface area (Å²) in [5, 5.41) is 4.86. The van der Waals surface area contributed by atoms with Gasteiger partial charge in [-0.15, -0.1) is 0 Å². The summed E-state index contributed by atoms with van der Waals surface area (Å²) < 4.78 is 5.86. The molecule has 0 radical (unpaired) electrons. The summed E-state index contributed by atoms with van der Waals surface area (Å²) in [5.74, 6) is -0.999. The molecule has 0 aliphatic carbocycles. The van der Waals surface area contributed by atoms with Crippen molar-refractivity contribution < 1.29 is 14.3 Å². The average Bonchev–Trinajstić information content (AvgIpc) is 2.61. The second kappa shape index (κ2) is 7.44. The fourth-order valence-corrected chi connectivity index (χ4v) is 2.68. The van der Waals surface area contributed by atoms with Crippen molar-refractivity contribution in [1.29, 1.82) is 0 Å². The molecule has 0 spiro atoms. The number of pyridine rings is 1. The van der Waals surface area contributed by atoms with Crippen LogP contribution in [0, 0.1) is 0 Å². The Morgan fingerprint density at radius 3 is 2.60 bits per heavy atom. The number of nitrogens with zero attached hydrogens (tertiary/aromatic N) is 1. The zero-order valence-electron chi connectivity index (χ0n) is 13.4. The van der Waals surface area contributed by atoms with E-state index in [1.54, 1.807) is 12.3 Å². The van der Waals surface area contributed by atoms with Gasteiger partial charge in [-0.05, 0) is 51.8 Å². The van der Waals surface area contributed by atoms with Crippen LogP contribution in [0.2, 0.25) is 0 Å². The van der Waals surface area contributed by atoms with Crippen molar-refractivity contribution in [2.24, 2.45) is 0 Å². The monoisotopic (exact) mass is 398 g/mol. The maximum Gasteiger partial charge on any atom is 0.340 e. The first-order valence-corrected chi connectivity index (χ1v) is 8.43. The Morgan fingerprint density at radius 1 is 1.08 bits per heavy atom. The van der Waals surface area contributed by atoms with Crippen LogP contribution >= 0.6 is 15.9 Å². The molecule has 1 aromatic heterocycles. The molecule has 0 fully saturated rings. The molecule has 1 N–H and O–H groups in total. The van der Waals surface area contributed by atoms with Crippen molar-refractivity contribution in [3.63, 3.8) is 0 Å². The molecule has 0 unspecified atom stereocenters. The number of carbonyl (C=O) groups is 2. The molecule has 3 aromatic rings. The number of nitrogens with one attached hydrogen (secondary N) is 1. The highest BCUT2D eigenvalue weighted by Crippen LogP contribution is 2.19. The minimum Gasteiger partial charge on any atom is -0.449 e. The molecule has 1 atom stereocenters. The minimum absolute atomic E-state index is 0.278. The second-order valence-corrected chi connectivity index (χ2v) is 6.41. The zero-order chi connectivity index (χ0) is 17.8. The number of hydrogen-bond donors (Lipinski definition) is 1. The highest BCUT2D eigenvalue weighted by molar-refractivity contribution is 9.10. The molecule has 0 saturated heterocycles. The smallest absolute Gasteiger partial charge is 0.340 e. The first-order valence-electron chi connectivity index (χ1n) is 7.64. The van der Waals surface area contributed by atoms with E-state index in [0.29, 0.717) is 10.2 Å². The number of esters is 1. The average molecular weight is 399 g/mol. The van der Waals surface area contributed by atoms with Gasteiger partial charge in [-0.2, -0.15) is 0 Å². The van der Waals surface area contributed by atoms with E-state index in [1.165, 1.54) is 13.1 Å². The molecule has 5 nitrogen and oxygen atoms in total. The van der Waals surface area contributed by atoms with Gasteiger partial charge in [-0.3, -0.25) is 9.78 Å². The number of aromatic nitrogens is 1. The van der Waals surface area contributed by atoms with Gasteiger partial charge >= 0.3 is 5.97 Å². The maximum absolute atomic E-state index is 12.3. The molecule has 25 heavy (non-hydrogen) atoms. The van der Waals surface area contributed by atoms with Gasteiger partial charge in [0.05, 0.1) is 5.56 Å². The lowest BCUT2D eigenvalue weighted by Gasteiger charge is -2.14. The Kier molecular flexibility index (Phi) is 5.09. The van der Waals surface area contributed by atoms with E-state index in [4.69, 9.17) is 4.74 Å². The molecule has 3 rings (SSSR count). The SMILES string of the molecule is C[C@@H](OC(=O)c1cncc(Br)c1)C(=O)Nc1ccc2ccccc2c1. The van der Waals surface area contributed by atoms with Crippen LogP contribution in [-0.4, -0.2) is 23.0 Å².